The fourth-order valence-corrected chi connectivity index (χ4v) is 6.29. The summed E-state index contributed by atoms with van der Waals surface area (Å²) < 4.78 is 34.8. The van der Waals surface area contributed by atoms with E-state index >= 15 is 0 Å². The minimum atomic E-state index is -0.206. The average Bonchev–Trinajstić information content (AvgIpc) is 3.46. The molecule has 0 aliphatic carbocycles. The Morgan fingerprint density at radius 3 is 2.15 bits per heavy atom. The van der Waals surface area contributed by atoms with Gasteiger partial charge in [0.1, 0.15) is 11.5 Å². The molecule has 3 aromatic rings. The molecule has 2 N–H and O–H groups in total. The van der Waals surface area contributed by atoms with E-state index in [1.165, 1.54) is 0 Å². The van der Waals surface area contributed by atoms with Crippen LogP contribution >= 0.6 is 0 Å². The van der Waals surface area contributed by atoms with E-state index in [1.54, 1.807) is 57.7 Å². The number of rotatable bonds is 13. The van der Waals surface area contributed by atoms with Crippen LogP contribution in [0.15, 0.2) is 53.5 Å². The van der Waals surface area contributed by atoms with Crippen LogP contribution in [0.3, 0.4) is 0 Å². The number of aliphatic imine (C=N–C) groups is 1. The number of carbonyl (C=O) groups excluding carboxylic acids is 1. The number of amides is 1. The predicted octanol–water partition coefficient (Wildman–Crippen LogP) is 7.31. The fourth-order valence-electron chi connectivity index (χ4n) is 6.29. The summed E-state index contributed by atoms with van der Waals surface area (Å²) in [5.74, 6) is 4.01. The Morgan fingerprint density at radius 1 is 0.804 bits per heavy atom. The van der Waals surface area contributed by atoms with E-state index in [9.17, 15) is 4.79 Å². The van der Waals surface area contributed by atoms with Crippen molar-refractivity contribution >= 4 is 23.5 Å². The molecule has 246 valence electrons. The van der Waals surface area contributed by atoms with E-state index in [4.69, 9.17) is 34.2 Å². The molecule has 1 atom stereocenters. The van der Waals surface area contributed by atoms with Crippen LogP contribution in [0.25, 0.3) is 0 Å². The summed E-state index contributed by atoms with van der Waals surface area (Å²) in [5.41, 5.74) is 7.55. The average molecular weight is 632 g/mol. The highest BCUT2D eigenvalue weighted by atomic mass is 16.5. The monoisotopic (exact) mass is 631 g/mol. The number of ether oxygens (including phenoxy) is 6. The standard InChI is InChI=1S/C36H45N3O7/c1-35(2,21-44-24-10-12-29(27(37)15-24)46-25-11-13-30(41-5)31(16-25)42-6)20-36(3,4)22-45-33-18-28-26(17-32(33)43-7)34(40)39-14-8-9-23(39)19-38-28/h10-13,15-19,23H,8-9,14,20-22,37H2,1-7H3. The summed E-state index contributed by atoms with van der Waals surface area (Å²) in [6.07, 6.45) is 4.62. The van der Waals surface area contributed by atoms with Gasteiger partial charge in [-0.15, -0.1) is 0 Å². The van der Waals surface area contributed by atoms with Crippen LogP contribution in [0.5, 0.6) is 40.2 Å². The van der Waals surface area contributed by atoms with Crippen molar-refractivity contribution in [2.45, 2.75) is 53.0 Å². The number of methoxy groups -OCH3 is 3. The highest BCUT2D eigenvalue weighted by molar-refractivity contribution is 6.03. The lowest BCUT2D eigenvalue weighted by atomic mass is 9.76. The Morgan fingerprint density at radius 2 is 1.46 bits per heavy atom. The van der Waals surface area contributed by atoms with Gasteiger partial charge in [0.05, 0.1) is 57.5 Å². The molecule has 1 fully saturated rings. The number of nitrogen functional groups attached to an aromatic ring is 1. The number of hydrogen-bond acceptors (Lipinski definition) is 9. The minimum absolute atomic E-state index is 0.0104. The summed E-state index contributed by atoms with van der Waals surface area (Å²) in [5, 5.41) is 0. The molecule has 1 amide bonds. The van der Waals surface area contributed by atoms with Crippen LogP contribution in [0.4, 0.5) is 11.4 Å². The van der Waals surface area contributed by atoms with Crippen molar-refractivity contribution in [3.05, 3.63) is 54.1 Å². The molecule has 2 heterocycles. The SMILES string of the molecule is COc1ccc(Oc2ccc(OCC(C)(C)CC(C)(C)COc3cc4c(cc3OC)C(=O)N3CCCC3C=N4)cc2N)cc1OC. The van der Waals surface area contributed by atoms with Gasteiger partial charge < -0.3 is 39.1 Å². The zero-order valence-corrected chi connectivity index (χ0v) is 27.8. The first kappa shape index (κ1) is 32.8. The van der Waals surface area contributed by atoms with Gasteiger partial charge in [-0.05, 0) is 60.4 Å². The summed E-state index contributed by atoms with van der Waals surface area (Å²) in [7, 11) is 4.75. The third kappa shape index (κ3) is 7.43. The Balaban J connectivity index is 1.19. The Bertz CT molecular complexity index is 1600. The van der Waals surface area contributed by atoms with Gasteiger partial charge in [-0.25, -0.2) is 0 Å². The van der Waals surface area contributed by atoms with Crippen LogP contribution in [0.2, 0.25) is 0 Å². The lowest BCUT2D eigenvalue weighted by molar-refractivity contribution is 0.0771. The number of nitrogens with zero attached hydrogens (tertiary/aromatic N) is 2. The normalized spacial score (nSPS) is 15.9. The van der Waals surface area contributed by atoms with E-state index in [2.05, 4.69) is 32.7 Å². The molecular formula is C36H45N3O7. The van der Waals surface area contributed by atoms with Crippen molar-refractivity contribution < 1.29 is 33.2 Å². The van der Waals surface area contributed by atoms with Gasteiger partial charge in [0.25, 0.3) is 5.91 Å². The Kier molecular flexibility index (Phi) is 9.55. The Labute approximate surface area is 271 Å². The van der Waals surface area contributed by atoms with Gasteiger partial charge in [0.15, 0.2) is 28.7 Å². The van der Waals surface area contributed by atoms with Gasteiger partial charge in [0, 0.05) is 31.0 Å². The van der Waals surface area contributed by atoms with Crippen molar-refractivity contribution in [3.63, 3.8) is 0 Å². The maximum absolute atomic E-state index is 13.2. The number of benzene rings is 3. The minimum Gasteiger partial charge on any atom is -0.493 e. The van der Waals surface area contributed by atoms with E-state index in [-0.39, 0.29) is 22.8 Å². The van der Waals surface area contributed by atoms with Crippen LogP contribution in [0.1, 0.15) is 57.3 Å². The molecule has 2 aliphatic rings. The van der Waals surface area contributed by atoms with Crippen LogP contribution < -0.4 is 34.2 Å². The van der Waals surface area contributed by atoms with Crippen molar-refractivity contribution in [1.82, 2.24) is 4.90 Å². The van der Waals surface area contributed by atoms with Crippen LogP contribution in [-0.4, -0.2) is 64.2 Å². The third-order valence-electron chi connectivity index (χ3n) is 8.23. The molecule has 0 saturated carbocycles. The molecular weight excluding hydrogens is 586 g/mol. The quantitative estimate of drug-likeness (QED) is 0.195. The van der Waals surface area contributed by atoms with E-state index in [0.29, 0.717) is 70.4 Å². The lowest BCUT2D eigenvalue weighted by Gasteiger charge is -2.34. The molecule has 46 heavy (non-hydrogen) atoms. The first-order chi connectivity index (χ1) is 21.9. The van der Waals surface area contributed by atoms with E-state index in [0.717, 1.165) is 25.8 Å². The van der Waals surface area contributed by atoms with Gasteiger partial charge >= 0.3 is 0 Å². The van der Waals surface area contributed by atoms with Gasteiger partial charge in [-0.3, -0.25) is 9.79 Å². The maximum Gasteiger partial charge on any atom is 0.256 e. The molecule has 0 spiro atoms. The molecule has 0 radical (unpaired) electrons. The summed E-state index contributed by atoms with van der Waals surface area (Å²) in [6, 6.07) is 14.3. The van der Waals surface area contributed by atoms with Gasteiger partial charge in [0.2, 0.25) is 0 Å². The summed E-state index contributed by atoms with van der Waals surface area (Å²) in [6.45, 7) is 10.3. The smallest absolute Gasteiger partial charge is 0.256 e. The summed E-state index contributed by atoms with van der Waals surface area (Å²) >= 11 is 0. The molecule has 3 aromatic carbocycles. The molecule has 0 bridgehead atoms. The zero-order valence-electron chi connectivity index (χ0n) is 27.8. The molecule has 2 aliphatic heterocycles. The topological polar surface area (TPSA) is 114 Å². The highest BCUT2D eigenvalue weighted by Crippen LogP contribution is 2.41. The highest BCUT2D eigenvalue weighted by Gasteiger charge is 2.34. The van der Waals surface area contributed by atoms with Crippen molar-refractivity contribution in [3.8, 4) is 40.2 Å². The molecule has 10 heteroatoms. The van der Waals surface area contributed by atoms with E-state index < -0.39 is 0 Å². The first-order valence-electron chi connectivity index (χ1n) is 15.5. The van der Waals surface area contributed by atoms with Gasteiger partial charge in [-0.1, -0.05) is 27.7 Å². The second-order valence-electron chi connectivity index (χ2n) is 13.4. The van der Waals surface area contributed by atoms with Crippen LogP contribution in [0, 0.1) is 10.8 Å². The zero-order chi connectivity index (χ0) is 33.1. The number of fused-ring (bicyclic) bond motifs is 2. The molecule has 5 rings (SSSR count). The first-order valence-corrected chi connectivity index (χ1v) is 15.5. The third-order valence-corrected chi connectivity index (χ3v) is 8.23. The second-order valence-corrected chi connectivity index (χ2v) is 13.4. The lowest BCUT2D eigenvalue weighted by Crippen LogP contribution is -2.35. The number of hydrogen-bond donors (Lipinski definition) is 1. The Hall–Kier alpha value is -4.60. The predicted molar refractivity (Wildman–Crippen MR) is 179 cm³/mol. The number of anilines is 1. The van der Waals surface area contributed by atoms with Crippen molar-refractivity contribution in [1.29, 1.82) is 0 Å². The van der Waals surface area contributed by atoms with Gasteiger partial charge in [-0.2, -0.15) is 0 Å². The molecule has 1 saturated heterocycles. The number of carbonyl (C=O) groups is 1. The molecule has 1 unspecified atom stereocenters. The maximum atomic E-state index is 13.2. The van der Waals surface area contributed by atoms with E-state index in [1.807, 2.05) is 23.2 Å². The van der Waals surface area contributed by atoms with Crippen molar-refractivity contribution in [2.75, 3.05) is 46.8 Å². The second kappa shape index (κ2) is 13.4. The number of nitrogens with two attached hydrogens (primary N) is 1. The molecule has 10 nitrogen and oxygen atoms in total. The van der Waals surface area contributed by atoms with Crippen molar-refractivity contribution in [2.24, 2.45) is 15.8 Å². The van der Waals surface area contributed by atoms with Crippen LogP contribution in [-0.2, 0) is 0 Å². The fraction of sp³-hybridized carbons (Fsp3) is 0.444. The molecule has 0 aromatic heterocycles. The largest absolute Gasteiger partial charge is 0.493 e. The summed E-state index contributed by atoms with van der Waals surface area (Å²) in [4.78, 5) is 19.7.